The number of amides is 1. The molecule has 1 aliphatic carbocycles. The summed E-state index contributed by atoms with van der Waals surface area (Å²) in [6.07, 6.45) is 7.84. The fraction of sp³-hybridized carbons (Fsp3) is 0.412. The first-order valence-electron chi connectivity index (χ1n) is 15.7. The van der Waals surface area contributed by atoms with E-state index in [1.807, 2.05) is 29.0 Å². The molecule has 3 fully saturated rings. The highest BCUT2D eigenvalue weighted by Crippen LogP contribution is 2.40. The number of nitrogens with two attached hydrogens (primary N) is 1. The Bertz CT molecular complexity index is 1720. The van der Waals surface area contributed by atoms with Crippen LogP contribution in [0.5, 0.6) is 0 Å². The summed E-state index contributed by atoms with van der Waals surface area (Å²) < 4.78 is 1.87. The molecule has 1 amide bonds. The van der Waals surface area contributed by atoms with Gasteiger partial charge in [0, 0.05) is 63.1 Å². The first-order valence-corrected chi connectivity index (χ1v) is 15.7. The van der Waals surface area contributed by atoms with Crippen molar-refractivity contribution in [1.29, 1.82) is 0 Å². The molecule has 10 nitrogen and oxygen atoms in total. The van der Waals surface area contributed by atoms with Crippen LogP contribution < -0.4 is 21.5 Å². The molecule has 2 aromatic heterocycles. The Balaban J connectivity index is 1.08. The maximum absolute atomic E-state index is 13.5. The summed E-state index contributed by atoms with van der Waals surface area (Å²) >= 11 is 0. The van der Waals surface area contributed by atoms with Crippen LogP contribution in [-0.2, 0) is 6.54 Å². The monoisotopic (exact) mass is 592 g/mol. The molecule has 10 heteroatoms. The van der Waals surface area contributed by atoms with E-state index in [1.54, 1.807) is 6.20 Å². The zero-order chi connectivity index (χ0) is 30.2. The number of fused-ring (bicyclic) bond motifs is 1. The summed E-state index contributed by atoms with van der Waals surface area (Å²) in [5.74, 6) is 0.999. The Morgan fingerprint density at radius 2 is 1.80 bits per heavy atom. The smallest absolute Gasteiger partial charge is 0.271 e. The molecule has 2 aliphatic heterocycles. The molecule has 4 heterocycles. The van der Waals surface area contributed by atoms with Crippen LogP contribution in [0.2, 0.25) is 0 Å². The second kappa shape index (κ2) is 12.0. The van der Waals surface area contributed by atoms with Gasteiger partial charge in [-0.1, -0.05) is 24.3 Å². The Morgan fingerprint density at radius 3 is 2.55 bits per heavy atom. The van der Waals surface area contributed by atoms with Crippen LogP contribution in [0.4, 0.5) is 17.3 Å². The lowest BCUT2D eigenvalue weighted by Crippen LogP contribution is -2.43. The summed E-state index contributed by atoms with van der Waals surface area (Å²) in [5, 5.41) is 5.06. The standard InChI is InChI=1S/C34H40N8O2/c1-39-15-17-40(18-16-39)21-23-4-9-27(10-5-23)37-33-31(32(35)43)36-20-30(38-33)41-13-2-3-28(22-41)42-14-12-26-19-25(24-6-7-24)8-11-29(26)34(42)44/h4-5,8-12,14,19-20,24,28H,2-3,6-7,13,15-18,21-22H2,1H3,(H2,35,43)(H,37,38). The Labute approximate surface area is 257 Å². The average Bonchev–Trinajstić information content (AvgIpc) is 3.89. The number of nitrogens with zero attached hydrogens (tertiary/aromatic N) is 6. The number of rotatable bonds is 8. The lowest BCUT2D eigenvalue weighted by molar-refractivity contribution is 0.0996. The number of nitrogens with one attached hydrogen (secondary N) is 1. The second-order valence-corrected chi connectivity index (χ2v) is 12.6. The number of carbonyl (C=O) groups excluding carboxylic acids is 1. The van der Waals surface area contributed by atoms with Gasteiger partial charge in [-0.05, 0) is 79.4 Å². The van der Waals surface area contributed by atoms with Crippen LogP contribution in [0.3, 0.4) is 0 Å². The predicted molar refractivity (Wildman–Crippen MR) is 174 cm³/mol. The number of hydrogen-bond acceptors (Lipinski definition) is 8. The highest BCUT2D eigenvalue weighted by molar-refractivity contribution is 5.96. The first kappa shape index (κ1) is 28.5. The van der Waals surface area contributed by atoms with Gasteiger partial charge in [0.1, 0.15) is 5.82 Å². The van der Waals surface area contributed by atoms with Crippen LogP contribution in [0.1, 0.15) is 59.3 Å². The SMILES string of the molecule is CN1CCN(Cc2ccc(Nc3nc(N4CCCC(n5ccc6cc(C7CC7)ccc6c5=O)C4)cnc3C(N)=O)cc2)CC1. The van der Waals surface area contributed by atoms with Gasteiger partial charge in [-0.15, -0.1) is 0 Å². The molecule has 1 unspecified atom stereocenters. The van der Waals surface area contributed by atoms with E-state index in [0.29, 0.717) is 24.1 Å². The van der Waals surface area contributed by atoms with Crippen LogP contribution in [0, 0.1) is 0 Å². The van der Waals surface area contributed by atoms with Crippen molar-refractivity contribution >= 4 is 34.0 Å². The van der Waals surface area contributed by atoms with Gasteiger partial charge < -0.3 is 25.4 Å². The number of piperazine rings is 1. The van der Waals surface area contributed by atoms with Gasteiger partial charge in [0.05, 0.1) is 12.2 Å². The maximum atomic E-state index is 13.5. The molecule has 228 valence electrons. The van der Waals surface area contributed by atoms with Gasteiger partial charge in [-0.2, -0.15) is 0 Å². The van der Waals surface area contributed by atoms with Gasteiger partial charge >= 0.3 is 0 Å². The normalized spacial score (nSPS) is 19.8. The van der Waals surface area contributed by atoms with Crippen LogP contribution in [-0.4, -0.2) is 76.6 Å². The van der Waals surface area contributed by atoms with Crippen molar-refractivity contribution in [3.8, 4) is 0 Å². The van der Waals surface area contributed by atoms with E-state index < -0.39 is 5.91 Å². The molecule has 44 heavy (non-hydrogen) atoms. The van der Waals surface area contributed by atoms with E-state index in [9.17, 15) is 9.59 Å². The molecule has 1 atom stereocenters. The van der Waals surface area contributed by atoms with Crippen LogP contribution >= 0.6 is 0 Å². The fourth-order valence-electron chi connectivity index (χ4n) is 6.52. The molecule has 0 radical (unpaired) electrons. The van der Waals surface area contributed by atoms with E-state index >= 15 is 0 Å². The third kappa shape index (κ3) is 6.05. The summed E-state index contributed by atoms with van der Waals surface area (Å²) in [6.45, 7) is 6.62. The zero-order valence-electron chi connectivity index (χ0n) is 25.3. The number of anilines is 3. The lowest BCUT2D eigenvalue weighted by Gasteiger charge is -2.34. The number of benzene rings is 2. The van der Waals surface area contributed by atoms with Crippen molar-refractivity contribution in [2.45, 2.75) is 44.2 Å². The lowest BCUT2D eigenvalue weighted by atomic mass is 10.0. The average molecular weight is 593 g/mol. The van der Waals surface area contributed by atoms with Crippen molar-refractivity contribution in [2.75, 3.05) is 56.5 Å². The maximum Gasteiger partial charge on any atom is 0.271 e. The zero-order valence-corrected chi connectivity index (χ0v) is 25.3. The van der Waals surface area contributed by atoms with Crippen molar-refractivity contribution in [1.82, 2.24) is 24.3 Å². The largest absolute Gasteiger partial charge is 0.364 e. The number of hydrogen-bond donors (Lipinski definition) is 2. The third-order valence-corrected chi connectivity index (χ3v) is 9.33. The molecular formula is C34H40N8O2. The number of carbonyl (C=O) groups is 1. The number of piperidine rings is 1. The molecule has 4 aromatic rings. The van der Waals surface area contributed by atoms with Gasteiger partial charge in [-0.25, -0.2) is 9.97 Å². The molecule has 0 spiro atoms. The first-order chi connectivity index (χ1) is 21.4. The van der Waals surface area contributed by atoms with Gasteiger partial charge in [0.25, 0.3) is 11.5 Å². The van der Waals surface area contributed by atoms with Crippen LogP contribution in [0.15, 0.2) is 65.7 Å². The van der Waals surface area contributed by atoms with Gasteiger partial charge in [0.15, 0.2) is 11.5 Å². The summed E-state index contributed by atoms with van der Waals surface area (Å²) in [6, 6.07) is 16.6. The highest BCUT2D eigenvalue weighted by atomic mass is 16.1. The number of aromatic nitrogens is 3. The highest BCUT2D eigenvalue weighted by Gasteiger charge is 2.26. The number of pyridine rings is 1. The quantitative estimate of drug-likeness (QED) is 0.315. The number of likely N-dealkylation sites (N-methyl/N-ethyl adjacent to an activating group) is 1. The van der Waals surface area contributed by atoms with E-state index in [-0.39, 0.29) is 17.3 Å². The minimum atomic E-state index is -0.637. The van der Waals surface area contributed by atoms with E-state index in [2.05, 4.69) is 62.4 Å². The summed E-state index contributed by atoms with van der Waals surface area (Å²) in [4.78, 5) is 42.0. The number of primary amides is 1. The fourth-order valence-corrected chi connectivity index (χ4v) is 6.52. The van der Waals surface area contributed by atoms with Gasteiger partial charge in [-0.3, -0.25) is 14.5 Å². The molecule has 3 aliphatic rings. The molecule has 1 saturated carbocycles. The van der Waals surface area contributed by atoms with Crippen LogP contribution in [0.25, 0.3) is 10.8 Å². The van der Waals surface area contributed by atoms with Gasteiger partial charge in [0.2, 0.25) is 0 Å². The Kier molecular flexibility index (Phi) is 7.78. The molecule has 0 bridgehead atoms. The van der Waals surface area contributed by atoms with Crippen molar-refractivity contribution in [3.05, 3.63) is 88.1 Å². The summed E-state index contributed by atoms with van der Waals surface area (Å²) in [7, 11) is 2.16. The third-order valence-electron chi connectivity index (χ3n) is 9.33. The summed E-state index contributed by atoms with van der Waals surface area (Å²) in [5.41, 5.74) is 9.21. The minimum absolute atomic E-state index is 0.00522. The molecule has 3 N–H and O–H groups in total. The topological polar surface area (TPSA) is 113 Å². The molecule has 2 saturated heterocycles. The second-order valence-electron chi connectivity index (χ2n) is 12.6. The minimum Gasteiger partial charge on any atom is -0.364 e. The Morgan fingerprint density at radius 1 is 1.00 bits per heavy atom. The Hall–Kier alpha value is -4.28. The molecule has 7 rings (SSSR count). The predicted octanol–water partition coefficient (Wildman–Crippen LogP) is 4.10. The van der Waals surface area contributed by atoms with Crippen molar-refractivity contribution in [3.63, 3.8) is 0 Å². The van der Waals surface area contributed by atoms with E-state index in [4.69, 9.17) is 10.7 Å². The van der Waals surface area contributed by atoms with Crippen molar-refractivity contribution < 1.29 is 4.79 Å². The van der Waals surface area contributed by atoms with E-state index in [0.717, 1.165) is 68.6 Å². The van der Waals surface area contributed by atoms with Crippen molar-refractivity contribution in [2.24, 2.45) is 5.73 Å². The molecular weight excluding hydrogens is 552 g/mol. The van der Waals surface area contributed by atoms with E-state index in [1.165, 1.54) is 24.0 Å². The molecule has 2 aromatic carbocycles.